The molecule has 27 heavy (non-hydrogen) atoms. The number of aromatic nitrogens is 1. The number of benzene rings is 2. The Kier molecular flexibility index (Phi) is 4.75. The summed E-state index contributed by atoms with van der Waals surface area (Å²) < 4.78 is 0. The van der Waals surface area contributed by atoms with E-state index in [1.165, 1.54) is 4.90 Å². The van der Waals surface area contributed by atoms with Crippen LogP contribution in [0.5, 0.6) is 0 Å². The molecule has 0 saturated carbocycles. The zero-order chi connectivity index (χ0) is 18.6. The van der Waals surface area contributed by atoms with Crippen LogP contribution in [0.15, 0.2) is 65.8 Å². The van der Waals surface area contributed by atoms with Crippen LogP contribution in [0.2, 0.25) is 0 Å². The van der Waals surface area contributed by atoms with Crippen LogP contribution in [-0.2, 0) is 0 Å². The summed E-state index contributed by atoms with van der Waals surface area (Å²) in [6.45, 7) is 1.04. The summed E-state index contributed by atoms with van der Waals surface area (Å²) in [4.78, 5) is 35.5. The van der Waals surface area contributed by atoms with Crippen molar-refractivity contribution in [1.29, 1.82) is 0 Å². The Bertz CT molecular complexity index is 977. The highest BCUT2D eigenvalue weighted by Crippen LogP contribution is 2.29. The molecule has 4 rings (SSSR count). The molecule has 0 aliphatic carbocycles. The molecule has 0 atom stereocenters. The Morgan fingerprint density at radius 3 is 2.30 bits per heavy atom. The zero-order valence-corrected chi connectivity index (χ0v) is 14.8. The van der Waals surface area contributed by atoms with E-state index in [2.05, 4.69) is 9.98 Å². The highest BCUT2D eigenvalue weighted by Gasteiger charge is 2.31. The van der Waals surface area contributed by atoms with Gasteiger partial charge >= 0.3 is 0 Å². The Balaban J connectivity index is 1.40. The van der Waals surface area contributed by atoms with E-state index in [-0.39, 0.29) is 11.8 Å². The second-order valence-corrected chi connectivity index (χ2v) is 6.47. The average molecular weight is 357 g/mol. The first-order valence-corrected chi connectivity index (χ1v) is 9.04. The van der Waals surface area contributed by atoms with E-state index in [9.17, 15) is 9.59 Å². The molecule has 134 valence electrons. The molecule has 5 heteroatoms. The maximum Gasteiger partial charge on any atom is 0.261 e. The molecule has 0 spiro atoms. The number of imide groups is 1. The van der Waals surface area contributed by atoms with Gasteiger partial charge in [-0.15, -0.1) is 0 Å². The second kappa shape index (κ2) is 7.50. The van der Waals surface area contributed by atoms with Gasteiger partial charge in [0, 0.05) is 42.0 Å². The van der Waals surface area contributed by atoms with Crippen LogP contribution in [-0.4, -0.2) is 41.0 Å². The molecule has 1 aromatic heterocycles. The van der Waals surface area contributed by atoms with Crippen LogP contribution in [0.1, 0.15) is 39.3 Å². The van der Waals surface area contributed by atoms with Gasteiger partial charge in [-0.1, -0.05) is 30.3 Å². The van der Waals surface area contributed by atoms with E-state index in [4.69, 9.17) is 0 Å². The summed E-state index contributed by atoms with van der Waals surface area (Å²) in [6.07, 6.45) is 4.99. The third kappa shape index (κ3) is 3.36. The summed E-state index contributed by atoms with van der Waals surface area (Å²) in [5.74, 6) is -0.414. The van der Waals surface area contributed by atoms with Gasteiger partial charge in [-0.05, 0) is 42.5 Å². The fraction of sp³-hybridized carbons (Fsp3) is 0.182. The number of hydrogen-bond donors (Lipinski definition) is 0. The minimum atomic E-state index is -0.207. The largest absolute Gasteiger partial charge is 0.291 e. The van der Waals surface area contributed by atoms with Crippen molar-refractivity contribution >= 4 is 28.8 Å². The van der Waals surface area contributed by atoms with Gasteiger partial charge in [-0.25, -0.2) is 0 Å². The van der Waals surface area contributed by atoms with Crippen molar-refractivity contribution in [3.05, 3.63) is 77.6 Å². The van der Waals surface area contributed by atoms with Gasteiger partial charge in [-0.3, -0.25) is 24.5 Å². The Hall–Kier alpha value is -3.34. The van der Waals surface area contributed by atoms with Crippen LogP contribution in [0.3, 0.4) is 0 Å². The monoisotopic (exact) mass is 357 g/mol. The van der Waals surface area contributed by atoms with Crippen LogP contribution >= 0.6 is 0 Å². The molecule has 5 nitrogen and oxygen atoms in total. The highest BCUT2D eigenvalue weighted by molar-refractivity contribution is 6.25. The SMILES string of the molecule is O=C1c2cccc3cccc(c23)C(=O)N1CCCCN=Cc1ccccn1. The van der Waals surface area contributed by atoms with Gasteiger partial charge in [0.25, 0.3) is 11.8 Å². The van der Waals surface area contributed by atoms with Crippen molar-refractivity contribution in [2.75, 3.05) is 13.1 Å². The molecule has 0 unspecified atom stereocenters. The van der Waals surface area contributed by atoms with Crippen molar-refractivity contribution in [3.8, 4) is 0 Å². The maximum atomic E-state index is 12.8. The average Bonchev–Trinajstić information content (AvgIpc) is 2.71. The molecule has 0 saturated heterocycles. The quantitative estimate of drug-likeness (QED) is 0.384. The molecule has 2 aromatic carbocycles. The van der Waals surface area contributed by atoms with Gasteiger partial charge in [-0.2, -0.15) is 0 Å². The van der Waals surface area contributed by atoms with Crippen molar-refractivity contribution < 1.29 is 9.59 Å². The standard InChI is InChI=1S/C22H19N3O2/c26-21-18-10-5-7-16-8-6-11-19(20(16)18)22(27)25(21)14-4-3-12-23-15-17-9-1-2-13-24-17/h1-2,5-11,13,15H,3-4,12,14H2. The van der Waals surface area contributed by atoms with E-state index < -0.39 is 0 Å². The topological polar surface area (TPSA) is 62.6 Å². The number of rotatable bonds is 6. The number of nitrogens with zero attached hydrogens (tertiary/aromatic N) is 3. The molecule has 1 aliphatic heterocycles. The molecule has 2 amide bonds. The first-order chi connectivity index (χ1) is 13.3. The summed E-state index contributed by atoms with van der Waals surface area (Å²) in [5, 5.41) is 1.70. The highest BCUT2D eigenvalue weighted by atomic mass is 16.2. The van der Waals surface area contributed by atoms with Crippen LogP contribution < -0.4 is 0 Å². The predicted molar refractivity (Wildman–Crippen MR) is 105 cm³/mol. The minimum absolute atomic E-state index is 0.207. The smallest absolute Gasteiger partial charge is 0.261 e. The van der Waals surface area contributed by atoms with Gasteiger partial charge in [0.2, 0.25) is 0 Å². The Morgan fingerprint density at radius 2 is 1.63 bits per heavy atom. The van der Waals surface area contributed by atoms with Crippen LogP contribution in [0.4, 0.5) is 0 Å². The van der Waals surface area contributed by atoms with Crippen LogP contribution in [0.25, 0.3) is 10.8 Å². The van der Waals surface area contributed by atoms with E-state index in [0.29, 0.717) is 24.2 Å². The van der Waals surface area contributed by atoms with Crippen molar-refractivity contribution in [2.45, 2.75) is 12.8 Å². The predicted octanol–water partition coefficient (Wildman–Crippen LogP) is 3.73. The zero-order valence-electron chi connectivity index (χ0n) is 14.8. The maximum absolute atomic E-state index is 12.8. The van der Waals surface area contributed by atoms with E-state index in [1.807, 2.05) is 42.5 Å². The number of unbranched alkanes of at least 4 members (excludes halogenated alkanes) is 1. The molecule has 0 bridgehead atoms. The summed E-state index contributed by atoms with van der Waals surface area (Å²) in [5.41, 5.74) is 2.04. The summed E-state index contributed by atoms with van der Waals surface area (Å²) >= 11 is 0. The van der Waals surface area contributed by atoms with E-state index in [1.54, 1.807) is 24.5 Å². The molecule has 0 N–H and O–H groups in total. The lowest BCUT2D eigenvalue weighted by molar-refractivity contribution is 0.0608. The fourth-order valence-corrected chi connectivity index (χ4v) is 3.37. The normalized spacial score (nSPS) is 13.7. The molecule has 1 aliphatic rings. The number of carbonyl (C=O) groups is 2. The van der Waals surface area contributed by atoms with Gasteiger partial charge in [0.15, 0.2) is 0 Å². The van der Waals surface area contributed by atoms with Crippen molar-refractivity contribution in [2.24, 2.45) is 4.99 Å². The molecular weight excluding hydrogens is 338 g/mol. The van der Waals surface area contributed by atoms with Crippen molar-refractivity contribution in [1.82, 2.24) is 9.88 Å². The molecule has 0 radical (unpaired) electrons. The van der Waals surface area contributed by atoms with Gasteiger partial charge < -0.3 is 0 Å². The molecule has 3 aromatic rings. The summed E-state index contributed by atoms with van der Waals surface area (Å²) in [6, 6.07) is 16.8. The lowest BCUT2D eigenvalue weighted by Gasteiger charge is -2.27. The first-order valence-electron chi connectivity index (χ1n) is 9.04. The Morgan fingerprint density at radius 1 is 0.889 bits per heavy atom. The van der Waals surface area contributed by atoms with Gasteiger partial charge in [0.1, 0.15) is 0 Å². The molecule has 0 fully saturated rings. The van der Waals surface area contributed by atoms with Crippen LogP contribution in [0, 0.1) is 0 Å². The molecule has 2 heterocycles. The third-order valence-electron chi connectivity index (χ3n) is 4.69. The lowest BCUT2D eigenvalue weighted by atomic mass is 9.94. The minimum Gasteiger partial charge on any atom is -0.291 e. The number of pyridine rings is 1. The summed E-state index contributed by atoms with van der Waals surface area (Å²) in [7, 11) is 0. The number of carbonyl (C=O) groups excluding carboxylic acids is 2. The van der Waals surface area contributed by atoms with E-state index in [0.717, 1.165) is 29.3 Å². The number of hydrogen-bond acceptors (Lipinski definition) is 4. The number of amides is 2. The number of aliphatic imine (C=N–C) groups is 1. The second-order valence-electron chi connectivity index (χ2n) is 6.47. The van der Waals surface area contributed by atoms with E-state index >= 15 is 0 Å². The third-order valence-corrected chi connectivity index (χ3v) is 4.69. The van der Waals surface area contributed by atoms with Crippen molar-refractivity contribution in [3.63, 3.8) is 0 Å². The molecular formula is C22H19N3O2. The fourth-order valence-electron chi connectivity index (χ4n) is 3.37. The lowest BCUT2D eigenvalue weighted by Crippen LogP contribution is -2.40. The van der Waals surface area contributed by atoms with Gasteiger partial charge in [0.05, 0.1) is 5.69 Å². The Labute approximate surface area is 157 Å². The first kappa shape index (κ1) is 17.1.